The molecule has 0 aliphatic carbocycles. The van der Waals surface area contributed by atoms with Crippen molar-refractivity contribution in [3.05, 3.63) is 52.0 Å². The standard InChI is InChI=1S/C14H15BrN2O/c15-11-4-1-3-10(7-11)8-13-16-9-12-5-2-6-14(18)17(12)13/h1,3-4,7,9,14,18H,2,5-6,8H2. The molecule has 0 bridgehead atoms. The Bertz CT molecular complexity index is 565. The summed E-state index contributed by atoms with van der Waals surface area (Å²) in [7, 11) is 0. The first-order valence-corrected chi connectivity index (χ1v) is 7.01. The Labute approximate surface area is 115 Å². The normalized spacial score (nSPS) is 18.7. The third-order valence-corrected chi connectivity index (χ3v) is 3.89. The number of rotatable bonds is 2. The van der Waals surface area contributed by atoms with Gasteiger partial charge < -0.3 is 9.67 Å². The van der Waals surface area contributed by atoms with Gasteiger partial charge in [-0.25, -0.2) is 4.98 Å². The summed E-state index contributed by atoms with van der Waals surface area (Å²) in [5.74, 6) is 0.954. The number of imidazole rings is 1. The van der Waals surface area contributed by atoms with E-state index in [1.54, 1.807) is 0 Å². The number of hydrogen-bond donors (Lipinski definition) is 1. The van der Waals surface area contributed by atoms with Gasteiger partial charge in [0.05, 0.1) is 0 Å². The van der Waals surface area contributed by atoms with Crippen LogP contribution in [-0.2, 0) is 12.8 Å². The van der Waals surface area contributed by atoms with Crippen molar-refractivity contribution < 1.29 is 5.11 Å². The van der Waals surface area contributed by atoms with Crippen LogP contribution in [0.15, 0.2) is 34.9 Å². The Morgan fingerprint density at radius 1 is 1.44 bits per heavy atom. The molecule has 18 heavy (non-hydrogen) atoms. The van der Waals surface area contributed by atoms with Gasteiger partial charge in [-0.2, -0.15) is 0 Å². The summed E-state index contributed by atoms with van der Waals surface area (Å²) in [5.41, 5.74) is 2.36. The Kier molecular flexibility index (Phi) is 3.22. The molecule has 0 radical (unpaired) electrons. The van der Waals surface area contributed by atoms with E-state index in [1.807, 2.05) is 22.9 Å². The molecule has 3 rings (SSSR count). The van der Waals surface area contributed by atoms with Crippen LogP contribution in [0.25, 0.3) is 0 Å². The molecule has 1 aromatic heterocycles. The minimum atomic E-state index is -0.404. The molecule has 2 aromatic rings. The van der Waals surface area contributed by atoms with E-state index in [9.17, 15) is 5.11 Å². The van der Waals surface area contributed by atoms with Crippen molar-refractivity contribution >= 4 is 15.9 Å². The summed E-state index contributed by atoms with van der Waals surface area (Å²) in [6.07, 6.45) is 5.14. The molecular formula is C14H15BrN2O. The van der Waals surface area contributed by atoms with Crippen LogP contribution >= 0.6 is 15.9 Å². The predicted octanol–water partition coefficient (Wildman–Crippen LogP) is 3.06. The van der Waals surface area contributed by atoms with Crippen LogP contribution in [0.5, 0.6) is 0 Å². The number of aromatic nitrogens is 2. The highest BCUT2D eigenvalue weighted by molar-refractivity contribution is 9.10. The van der Waals surface area contributed by atoms with Gasteiger partial charge in [-0.1, -0.05) is 28.1 Å². The molecular weight excluding hydrogens is 292 g/mol. The number of benzene rings is 1. The van der Waals surface area contributed by atoms with Gasteiger partial charge in [-0.15, -0.1) is 0 Å². The van der Waals surface area contributed by atoms with Crippen molar-refractivity contribution in [3.63, 3.8) is 0 Å². The molecule has 1 atom stereocenters. The summed E-state index contributed by atoms with van der Waals surface area (Å²) >= 11 is 3.48. The Morgan fingerprint density at radius 3 is 3.17 bits per heavy atom. The van der Waals surface area contributed by atoms with Crippen molar-refractivity contribution in [2.24, 2.45) is 0 Å². The molecule has 1 N–H and O–H groups in total. The molecule has 3 nitrogen and oxygen atoms in total. The molecule has 0 saturated carbocycles. The maximum absolute atomic E-state index is 10.1. The Hall–Kier alpha value is -1.13. The monoisotopic (exact) mass is 306 g/mol. The second-order valence-electron chi connectivity index (χ2n) is 4.72. The maximum Gasteiger partial charge on any atom is 0.132 e. The quantitative estimate of drug-likeness (QED) is 0.926. The van der Waals surface area contributed by atoms with E-state index in [2.05, 4.69) is 33.0 Å². The van der Waals surface area contributed by atoms with Crippen molar-refractivity contribution in [1.29, 1.82) is 0 Å². The van der Waals surface area contributed by atoms with Crippen LogP contribution < -0.4 is 0 Å². The average Bonchev–Trinajstić information content (AvgIpc) is 2.74. The first kappa shape index (κ1) is 11.9. The van der Waals surface area contributed by atoms with Crippen LogP contribution in [0.1, 0.15) is 36.2 Å². The highest BCUT2D eigenvalue weighted by Crippen LogP contribution is 2.26. The van der Waals surface area contributed by atoms with E-state index >= 15 is 0 Å². The molecule has 0 saturated heterocycles. The molecule has 94 valence electrons. The lowest BCUT2D eigenvalue weighted by atomic mass is 10.1. The summed E-state index contributed by atoms with van der Waals surface area (Å²) < 4.78 is 3.07. The fourth-order valence-electron chi connectivity index (χ4n) is 2.54. The SMILES string of the molecule is OC1CCCc2cnc(Cc3cccc(Br)c3)n21. The van der Waals surface area contributed by atoms with Crippen LogP contribution in [0, 0.1) is 0 Å². The molecule has 0 fully saturated rings. The lowest BCUT2D eigenvalue weighted by molar-refractivity contribution is 0.0762. The van der Waals surface area contributed by atoms with Crippen LogP contribution in [0.3, 0.4) is 0 Å². The fourth-order valence-corrected chi connectivity index (χ4v) is 2.99. The van der Waals surface area contributed by atoms with Gasteiger partial charge in [0, 0.05) is 22.8 Å². The van der Waals surface area contributed by atoms with E-state index < -0.39 is 6.23 Å². The summed E-state index contributed by atoms with van der Waals surface area (Å²) in [5, 5.41) is 10.1. The lowest BCUT2D eigenvalue weighted by Crippen LogP contribution is -2.19. The average molecular weight is 307 g/mol. The molecule has 4 heteroatoms. The van der Waals surface area contributed by atoms with Gasteiger partial charge in [0.2, 0.25) is 0 Å². The highest BCUT2D eigenvalue weighted by atomic mass is 79.9. The van der Waals surface area contributed by atoms with E-state index in [1.165, 1.54) is 5.56 Å². The number of nitrogens with zero attached hydrogens (tertiary/aromatic N) is 2. The third kappa shape index (κ3) is 2.22. The molecule has 0 amide bonds. The van der Waals surface area contributed by atoms with Gasteiger partial charge in [0.1, 0.15) is 12.1 Å². The summed E-state index contributed by atoms with van der Waals surface area (Å²) in [6, 6.07) is 8.22. The zero-order valence-electron chi connectivity index (χ0n) is 10.0. The van der Waals surface area contributed by atoms with Gasteiger partial charge in [0.15, 0.2) is 0 Å². The zero-order chi connectivity index (χ0) is 12.5. The zero-order valence-corrected chi connectivity index (χ0v) is 11.6. The summed E-state index contributed by atoms with van der Waals surface area (Å²) in [6.45, 7) is 0. The molecule has 1 unspecified atom stereocenters. The van der Waals surface area contributed by atoms with E-state index in [0.29, 0.717) is 0 Å². The van der Waals surface area contributed by atoms with Gasteiger partial charge in [-0.3, -0.25) is 0 Å². The maximum atomic E-state index is 10.1. The van der Waals surface area contributed by atoms with E-state index in [0.717, 1.165) is 41.7 Å². The topological polar surface area (TPSA) is 38.1 Å². The van der Waals surface area contributed by atoms with Crippen molar-refractivity contribution in [1.82, 2.24) is 9.55 Å². The first-order valence-electron chi connectivity index (χ1n) is 6.21. The van der Waals surface area contributed by atoms with E-state index in [4.69, 9.17) is 0 Å². The molecule has 1 aliphatic heterocycles. The third-order valence-electron chi connectivity index (χ3n) is 3.39. The minimum absolute atomic E-state index is 0.404. The molecule has 0 spiro atoms. The van der Waals surface area contributed by atoms with Gasteiger partial charge >= 0.3 is 0 Å². The van der Waals surface area contributed by atoms with Crippen LogP contribution in [0.4, 0.5) is 0 Å². The van der Waals surface area contributed by atoms with Crippen LogP contribution in [0.2, 0.25) is 0 Å². The number of aliphatic hydroxyl groups excluding tert-OH is 1. The number of halogens is 1. The first-order chi connectivity index (χ1) is 8.74. The number of hydrogen-bond acceptors (Lipinski definition) is 2. The minimum Gasteiger partial charge on any atom is -0.373 e. The smallest absolute Gasteiger partial charge is 0.132 e. The molecule has 2 heterocycles. The fraction of sp³-hybridized carbons (Fsp3) is 0.357. The Balaban J connectivity index is 1.92. The molecule has 1 aromatic carbocycles. The number of aryl methyl sites for hydroxylation is 1. The second-order valence-corrected chi connectivity index (χ2v) is 5.63. The van der Waals surface area contributed by atoms with Crippen molar-refractivity contribution in [2.75, 3.05) is 0 Å². The number of aliphatic hydroxyl groups is 1. The Morgan fingerprint density at radius 2 is 2.33 bits per heavy atom. The summed E-state index contributed by atoms with van der Waals surface area (Å²) in [4.78, 5) is 4.46. The van der Waals surface area contributed by atoms with Crippen molar-refractivity contribution in [3.8, 4) is 0 Å². The number of fused-ring (bicyclic) bond motifs is 1. The molecule has 1 aliphatic rings. The second kappa shape index (κ2) is 4.86. The van der Waals surface area contributed by atoms with Gasteiger partial charge in [-0.05, 0) is 37.0 Å². The van der Waals surface area contributed by atoms with Gasteiger partial charge in [0.25, 0.3) is 0 Å². The largest absolute Gasteiger partial charge is 0.373 e. The lowest BCUT2D eigenvalue weighted by Gasteiger charge is -2.22. The highest BCUT2D eigenvalue weighted by Gasteiger charge is 2.20. The van der Waals surface area contributed by atoms with E-state index in [-0.39, 0.29) is 0 Å². The predicted molar refractivity (Wildman–Crippen MR) is 73.4 cm³/mol. The van der Waals surface area contributed by atoms with Crippen LogP contribution in [-0.4, -0.2) is 14.7 Å². The van der Waals surface area contributed by atoms with Crippen molar-refractivity contribution in [2.45, 2.75) is 31.9 Å².